The molecular formula is C20H30N4O2. The third kappa shape index (κ3) is 5.04. The number of piperazine rings is 1. The minimum absolute atomic E-state index is 0.00647. The van der Waals surface area contributed by atoms with E-state index in [9.17, 15) is 9.59 Å². The standard InChI is InChI=1S/C20H30N4O2/c1-15(2)7-11-23-12-10-22-20(26)18(23)13-19(25)24(17-3-4-17)14-16-5-8-21-9-6-16/h5-6,8-9,15,17-18H,3-4,7,10-14H2,1-2H3,(H,22,26). The number of pyridine rings is 1. The van der Waals surface area contributed by atoms with E-state index in [0.717, 1.165) is 37.9 Å². The molecule has 1 N–H and O–H groups in total. The number of nitrogens with one attached hydrogen (secondary N) is 1. The molecule has 1 aromatic heterocycles. The Labute approximate surface area is 156 Å². The van der Waals surface area contributed by atoms with Crippen LogP contribution in [0.25, 0.3) is 0 Å². The van der Waals surface area contributed by atoms with Crippen LogP contribution in [0, 0.1) is 5.92 Å². The van der Waals surface area contributed by atoms with Crippen molar-refractivity contribution in [2.45, 2.75) is 58.2 Å². The molecule has 0 bridgehead atoms. The molecule has 142 valence electrons. The lowest BCUT2D eigenvalue weighted by molar-refractivity contribution is -0.139. The van der Waals surface area contributed by atoms with Crippen LogP contribution < -0.4 is 5.32 Å². The summed E-state index contributed by atoms with van der Waals surface area (Å²) < 4.78 is 0. The summed E-state index contributed by atoms with van der Waals surface area (Å²) in [6.45, 7) is 7.35. The van der Waals surface area contributed by atoms with Gasteiger partial charge in [-0.3, -0.25) is 19.5 Å². The highest BCUT2D eigenvalue weighted by Gasteiger charge is 2.37. The van der Waals surface area contributed by atoms with E-state index < -0.39 is 0 Å². The summed E-state index contributed by atoms with van der Waals surface area (Å²) in [7, 11) is 0. The monoisotopic (exact) mass is 358 g/mol. The fraction of sp³-hybridized carbons (Fsp3) is 0.650. The third-order valence-corrected chi connectivity index (χ3v) is 5.21. The summed E-state index contributed by atoms with van der Waals surface area (Å²) in [6, 6.07) is 3.88. The van der Waals surface area contributed by atoms with Crippen molar-refractivity contribution in [3.8, 4) is 0 Å². The van der Waals surface area contributed by atoms with Crippen molar-refractivity contribution in [1.82, 2.24) is 20.1 Å². The fourth-order valence-corrected chi connectivity index (χ4v) is 3.45. The molecule has 1 saturated heterocycles. The molecule has 1 aliphatic carbocycles. The summed E-state index contributed by atoms with van der Waals surface area (Å²) in [5.41, 5.74) is 1.09. The Balaban J connectivity index is 1.65. The molecule has 2 aliphatic rings. The van der Waals surface area contributed by atoms with Gasteiger partial charge in [0.15, 0.2) is 0 Å². The smallest absolute Gasteiger partial charge is 0.237 e. The maximum Gasteiger partial charge on any atom is 0.237 e. The van der Waals surface area contributed by atoms with Gasteiger partial charge in [-0.05, 0) is 49.4 Å². The van der Waals surface area contributed by atoms with Crippen LogP contribution in [-0.4, -0.2) is 58.3 Å². The first-order valence-corrected chi connectivity index (χ1v) is 9.74. The zero-order chi connectivity index (χ0) is 18.5. The van der Waals surface area contributed by atoms with Crippen molar-refractivity contribution in [1.29, 1.82) is 0 Å². The molecule has 1 saturated carbocycles. The van der Waals surface area contributed by atoms with Crippen LogP contribution in [0.5, 0.6) is 0 Å². The molecule has 6 nitrogen and oxygen atoms in total. The van der Waals surface area contributed by atoms with E-state index in [1.165, 1.54) is 0 Å². The first kappa shape index (κ1) is 18.8. The number of carbonyl (C=O) groups is 2. The van der Waals surface area contributed by atoms with Crippen molar-refractivity contribution in [2.75, 3.05) is 19.6 Å². The van der Waals surface area contributed by atoms with E-state index in [0.29, 0.717) is 25.0 Å². The molecule has 1 atom stereocenters. The molecule has 1 unspecified atom stereocenters. The Kier molecular flexibility index (Phi) is 6.25. The predicted octanol–water partition coefficient (Wildman–Crippen LogP) is 1.81. The van der Waals surface area contributed by atoms with Gasteiger partial charge in [-0.15, -0.1) is 0 Å². The zero-order valence-corrected chi connectivity index (χ0v) is 15.9. The average molecular weight is 358 g/mol. The second kappa shape index (κ2) is 8.62. The largest absolute Gasteiger partial charge is 0.353 e. The first-order chi connectivity index (χ1) is 12.5. The van der Waals surface area contributed by atoms with Gasteiger partial charge in [0.25, 0.3) is 0 Å². The van der Waals surface area contributed by atoms with Crippen molar-refractivity contribution >= 4 is 11.8 Å². The second-order valence-corrected chi connectivity index (χ2v) is 7.84. The molecule has 0 radical (unpaired) electrons. The molecule has 2 amide bonds. The Morgan fingerprint density at radius 1 is 1.35 bits per heavy atom. The normalized spacial score (nSPS) is 20.9. The van der Waals surface area contributed by atoms with Gasteiger partial charge < -0.3 is 10.2 Å². The minimum Gasteiger partial charge on any atom is -0.353 e. The Bertz CT molecular complexity index is 615. The number of amides is 2. The average Bonchev–Trinajstić information content (AvgIpc) is 3.46. The van der Waals surface area contributed by atoms with Gasteiger partial charge in [0.05, 0.1) is 12.5 Å². The minimum atomic E-state index is -0.339. The molecular weight excluding hydrogens is 328 g/mol. The third-order valence-electron chi connectivity index (χ3n) is 5.21. The number of hydrogen-bond donors (Lipinski definition) is 1. The highest BCUT2D eigenvalue weighted by molar-refractivity contribution is 5.89. The van der Waals surface area contributed by atoms with Crippen LogP contribution in [0.1, 0.15) is 45.1 Å². The summed E-state index contributed by atoms with van der Waals surface area (Å²) in [6.07, 6.45) is 6.95. The van der Waals surface area contributed by atoms with E-state index in [2.05, 4.69) is 29.0 Å². The molecule has 0 spiro atoms. The molecule has 1 aromatic rings. The maximum absolute atomic E-state index is 13.0. The van der Waals surface area contributed by atoms with Crippen molar-refractivity contribution < 1.29 is 9.59 Å². The van der Waals surface area contributed by atoms with Crippen molar-refractivity contribution in [2.24, 2.45) is 5.92 Å². The van der Waals surface area contributed by atoms with E-state index >= 15 is 0 Å². The Morgan fingerprint density at radius 3 is 2.73 bits per heavy atom. The summed E-state index contributed by atoms with van der Waals surface area (Å²) in [5, 5.41) is 2.93. The highest BCUT2D eigenvalue weighted by atomic mass is 16.2. The number of nitrogens with zero attached hydrogens (tertiary/aromatic N) is 3. The molecule has 1 aliphatic heterocycles. The predicted molar refractivity (Wildman–Crippen MR) is 100 cm³/mol. The topological polar surface area (TPSA) is 65.5 Å². The van der Waals surface area contributed by atoms with Gasteiger partial charge >= 0.3 is 0 Å². The molecule has 2 heterocycles. The summed E-state index contributed by atoms with van der Waals surface area (Å²) in [4.78, 5) is 33.6. The van der Waals surface area contributed by atoms with Gasteiger partial charge in [0.1, 0.15) is 0 Å². The first-order valence-electron chi connectivity index (χ1n) is 9.74. The molecule has 6 heteroatoms. The zero-order valence-electron chi connectivity index (χ0n) is 15.9. The molecule has 2 fully saturated rings. The Hall–Kier alpha value is -1.95. The Morgan fingerprint density at radius 2 is 2.08 bits per heavy atom. The van der Waals surface area contributed by atoms with Crippen LogP contribution in [-0.2, 0) is 16.1 Å². The van der Waals surface area contributed by atoms with E-state index in [-0.39, 0.29) is 24.3 Å². The number of hydrogen-bond acceptors (Lipinski definition) is 4. The number of aromatic nitrogens is 1. The van der Waals surface area contributed by atoms with E-state index in [1.54, 1.807) is 12.4 Å². The number of carbonyl (C=O) groups excluding carboxylic acids is 2. The van der Waals surface area contributed by atoms with Crippen LogP contribution in [0.3, 0.4) is 0 Å². The molecule has 3 rings (SSSR count). The van der Waals surface area contributed by atoms with Gasteiger partial charge in [-0.1, -0.05) is 13.8 Å². The highest BCUT2D eigenvalue weighted by Crippen LogP contribution is 2.29. The van der Waals surface area contributed by atoms with Crippen molar-refractivity contribution in [3.05, 3.63) is 30.1 Å². The lowest BCUT2D eigenvalue weighted by Crippen LogP contribution is -2.57. The second-order valence-electron chi connectivity index (χ2n) is 7.84. The van der Waals surface area contributed by atoms with E-state index in [4.69, 9.17) is 0 Å². The lowest BCUT2D eigenvalue weighted by Gasteiger charge is -2.36. The van der Waals surface area contributed by atoms with E-state index in [1.807, 2.05) is 17.0 Å². The molecule has 0 aromatic carbocycles. The van der Waals surface area contributed by atoms with Crippen molar-refractivity contribution in [3.63, 3.8) is 0 Å². The lowest BCUT2D eigenvalue weighted by atomic mass is 10.0. The number of rotatable bonds is 8. The van der Waals surface area contributed by atoms with Crippen LogP contribution in [0.15, 0.2) is 24.5 Å². The SMILES string of the molecule is CC(C)CCN1CCNC(=O)C1CC(=O)N(Cc1ccncc1)C1CC1. The van der Waals surface area contributed by atoms with Gasteiger partial charge in [0, 0.05) is 38.1 Å². The van der Waals surface area contributed by atoms with Gasteiger partial charge in [0.2, 0.25) is 11.8 Å². The fourth-order valence-electron chi connectivity index (χ4n) is 3.45. The van der Waals surface area contributed by atoms with Gasteiger partial charge in [-0.25, -0.2) is 0 Å². The summed E-state index contributed by atoms with van der Waals surface area (Å²) >= 11 is 0. The van der Waals surface area contributed by atoms with Crippen LogP contribution >= 0.6 is 0 Å². The van der Waals surface area contributed by atoms with Crippen LogP contribution in [0.4, 0.5) is 0 Å². The molecule has 26 heavy (non-hydrogen) atoms. The van der Waals surface area contributed by atoms with Gasteiger partial charge in [-0.2, -0.15) is 0 Å². The maximum atomic E-state index is 13.0. The van der Waals surface area contributed by atoms with Crippen LogP contribution in [0.2, 0.25) is 0 Å². The summed E-state index contributed by atoms with van der Waals surface area (Å²) in [5.74, 6) is 0.667. The quantitative estimate of drug-likeness (QED) is 0.770.